The molecular formula is C21H25N3O5S. The average molecular weight is 432 g/mol. The van der Waals surface area contributed by atoms with Crippen molar-refractivity contribution in [2.24, 2.45) is 0 Å². The lowest BCUT2D eigenvalue weighted by molar-refractivity contribution is -0.0258. The summed E-state index contributed by atoms with van der Waals surface area (Å²) in [5.41, 5.74) is 1.60. The predicted octanol–water partition coefficient (Wildman–Crippen LogP) is 2.03. The highest BCUT2D eigenvalue weighted by Crippen LogP contribution is 2.17. The first kappa shape index (κ1) is 21.9. The smallest absolute Gasteiger partial charge is 0.264 e. The van der Waals surface area contributed by atoms with Gasteiger partial charge in [-0.1, -0.05) is 22.7 Å². The van der Waals surface area contributed by atoms with E-state index < -0.39 is 15.9 Å². The lowest BCUT2D eigenvalue weighted by Gasteiger charge is -2.16. The number of hydroxylamine groups is 1. The molecule has 1 heterocycles. The van der Waals surface area contributed by atoms with Crippen LogP contribution in [0.4, 0.5) is 0 Å². The van der Waals surface area contributed by atoms with Gasteiger partial charge < -0.3 is 10.2 Å². The first-order chi connectivity index (χ1) is 14.3. The molecule has 0 spiro atoms. The molecule has 1 saturated heterocycles. The molecule has 2 amide bonds. The van der Waals surface area contributed by atoms with Crippen molar-refractivity contribution in [2.75, 3.05) is 27.2 Å². The van der Waals surface area contributed by atoms with E-state index in [2.05, 4.69) is 5.32 Å². The first-order valence-corrected chi connectivity index (χ1v) is 11.1. The molecule has 8 nitrogen and oxygen atoms in total. The van der Waals surface area contributed by atoms with E-state index in [-0.39, 0.29) is 22.9 Å². The molecule has 0 atom stereocenters. The van der Waals surface area contributed by atoms with E-state index in [0.717, 1.165) is 36.0 Å². The summed E-state index contributed by atoms with van der Waals surface area (Å²) in [6.07, 6.45) is 2.05. The fourth-order valence-corrected chi connectivity index (χ4v) is 4.27. The van der Waals surface area contributed by atoms with Gasteiger partial charge in [0, 0.05) is 37.8 Å². The molecule has 9 heteroatoms. The highest BCUT2D eigenvalue weighted by atomic mass is 32.2. The van der Waals surface area contributed by atoms with Crippen molar-refractivity contribution in [3.8, 4) is 0 Å². The van der Waals surface area contributed by atoms with E-state index in [1.807, 2.05) is 11.0 Å². The molecule has 0 radical (unpaired) electrons. The molecule has 0 aliphatic carbocycles. The molecule has 2 aromatic rings. The largest absolute Gasteiger partial charge is 0.348 e. The second kappa shape index (κ2) is 9.38. The third-order valence-electron chi connectivity index (χ3n) is 5.01. The van der Waals surface area contributed by atoms with Gasteiger partial charge in [-0.15, -0.1) is 0 Å². The van der Waals surface area contributed by atoms with Gasteiger partial charge in [-0.2, -0.15) is 0 Å². The van der Waals surface area contributed by atoms with E-state index in [1.165, 1.54) is 38.4 Å². The zero-order valence-corrected chi connectivity index (χ0v) is 17.8. The molecule has 1 fully saturated rings. The van der Waals surface area contributed by atoms with Crippen LogP contribution in [-0.4, -0.2) is 56.8 Å². The van der Waals surface area contributed by atoms with Crippen LogP contribution >= 0.6 is 0 Å². The van der Waals surface area contributed by atoms with Crippen molar-refractivity contribution in [3.63, 3.8) is 0 Å². The zero-order chi connectivity index (χ0) is 21.7. The maximum Gasteiger partial charge on any atom is 0.264 e. The number of likely N-dealkylation sites (tertiary alicyclic amines) is 1. The van der Waals surface area contributed by atoms with Crippen molar-refractivity contribution in [1.29, 1.82) is 0 Å². The molecule has 1 aliphatic heterocycles. The number of hydrogen-bond donors (Lipinski definition) is 1. The van der Waals surface area contributed by atoms with Gasteiger partial charge >= 0.3 is 0 Å². The van der Waals surface area contributed by atoms with Gasteiger partial charge in [-0.05, 0) is 48.7 Å². The lowest BCUT2D eigenvalue weighted by Crippen LogP contribution is -2.28. The van der Waals surface area contributed by atoms with E-state index >= 15 is 0 Å². The quantitative estimate of drug-likeness (QED) is 0.677. The van der Waals surface area contributed by atoms with E-state index in [1.54, 1.807) is 18.2 Å². The van der Waals surface area contributed by atoms with E-state index in [4.69, 9.17) is 4.84 Å². The number of carbonyl (C=O) groups is 2. The topological polar surface area (TPSA) is 96.0 Å². The number of rotatable bonds is 7. The molecule has 0 aromatic heterocycles. The first-order valence-electron chi connectivity index (χ1n) is 9.62. The van der Waals surface area contributed by atoms with Gasteiger partial charge in [0.1, 0.15) is 0 Å². The highest BCUT2D eigenvalue weighted by molar-refractivity contribution is 7.89. The Bertz CT molecular complexity index is 1030. The SMILES string of the molecule is CON(C)S(=O)(=O)c1cccc(C(=O)NCc2cccc(C(=O)N3CCCC3)c2)c1. The number of benzene rings is 2. The summed E-state index contributed by atoms with van der Waals surface area (Å²) in [6, 6.07) is 12.9. The van der Waals surface area contributed by atoms with Gasteiger partial charge in [0.05, 0.1) is 12.0 Å². The molecule has 1 aliphatic rings. The van der Waals surface area contributed by atoms with Crippen molar-refractivity contribution >= 4 is 21.8 Å². The molecule has 0 bridgehead atoms. The normalized spacial score (nSPS) is 14.2. The third kappa shape index (κ3) is 4.86. The summed E-state index contributed by atoms with van der Waals surface area (Å²) in [6.45, 7) is 1.77. The summed E-state index contributed by atoms with van der Waals surface area (Å²) in [4.78, 5) is 31.6. The maximum atomic E-state index is 12.5. The van der Waals surface area contributed by atoms with Crippen molar-refractivity contribution < 1.29 is 22.8 Å². The number of carbonyl (C=O) groups excluding carboxylic acids is 2. The van der Waals surface area contributed by atoms with Gasteiger partial charge in [0.25, 0.3) is 21.8 Å². The summed E-state index contributed by atoms with van der Waals surface area (Å²) in [5, 5.41) is 2.77. The van der Waals surface area contributed by atoms with E-state index in [9.17, 15) is 18.0 Å². The van der Waals surface area contributed by atoms with Crippen molar-refractivity contribution in [3.05, 3.63) is 65.2 Å². The Morgan fingerprint density at radius 3 is 2.43 bits per heavy atom. The van der Waals surface area contributed by atoms with Crippen LogP contribution in [0.5, 0.6) is 0 Å². The number of hydrogen-bond acceptors (Lipinski definition) is 5. The Morgan fingerprint density at radius 2 is 1.73 bits per heavy atom. The van der Waals surface area contributed by atoms with E-state index in [0.29, 0.717) is 5.56 Å². The Labute approximate surface area is 176 Å². The molecule has 0 saturated carbocycles. The van der Waals surface area contributed by atoms with Crippen LogP contribution in [0.15, 0.2) is 53.4 Å². The molecule has 1 N–H and O–H groups in total. The minimum absolute atomic E-state index is 0.000784. The Hall–Kier alpha value is -2.75. The predicted molar refractivity (Wildman–Crippen MR) is 111 cm³/mol. The summed E-state index contributed by atoms with van der Waals surface area (Å²) in [5.74, 6) is -0.413. The minimum atomic E-state index is -3.85. The van der Waals surface area contributed by atoms with Gasteiger partial charge in [-0.3, -0.25) is 14.4 Å². The molecular weight excluding hydrogens is 406 g/mol. The second-order valence-corrected chi connectivity index (χ2v) is 8.94. The van der Waals surface area contributed by atoms with Crippen LogP contribution in [0.1, 0.15) is 39.1 Å². The summed E-state index contributed by atoms with van der Waals surface area (Å²) >= 11 is 0. The summed E-state index contributed by atoms with van der Waals surface area (Å²) < 4.78 is 25.5. The monoisotopic (exact) mass is 431 g/mol. The maximum absolute atomic E-state index is 12.5. The van der Waals surface area contributed by atoms with Crippen molar-refractivity contribution in [1.82, 2.24) is 14.7 Å². The summed E-state index contributed by atoms with van der Waals surface area (Å²) in [7, 11) is -1.32. The second-order valence-electron chi connectivity index (χ2n) is 7.01. The standard InChI is InChI=1S/C21H25N3O5S/c1-23(29-2)30(27,28)19-10-6-8-17(14-19)20(25)22-15-16-7-5-9-18(13-16)21(26)24-11-3-4-12-24/h5-10,13-14H,3-4,11-12,15H2,1-2H3,(H,22,25). The molecule has 0 unspecified atom stereocenters. The van der Waals surface area contributed by atoms with Crippen LogP contribution in [0.3, 0.4) is 0 Å². The molecule has 30 heavy (non-hydrogen) atoms. The molecule has 2 aromatic carbocycles. The fourth-order valence-electron chi connectivity index (χ4n) is 3.25. The Balaban J connectivity index is 1.68. The Morgan fingerprint density at radius 1 is 1.07 bits per heavy atom. The van der Waals surface area contributed by atoms with Gasteiger partial charge in [0.2, 0.25) is 0 Å². The molecule has 3 rings (SSSR count). The number of amides is 2. The minimum Gasteiger partial charge on any atom is -0.348 e. The van der Waals surface area contributed by atoms with Crippen LogP contribution < -0.4 is 5.32 Å². The fraction of sp³-hybridized carbons (Fsp3) is 0.333. The zero-order valence-electron chi connectivity index (χ0n) is 17.0. The van der Waals surface area contributed by atoms with Gasteiger partial charge in [-0.25, -0.2) is 8.42 Å². The van der Waals surface area contributed by atoms with Crippen LogP contribution in [0.2, 0.25) is 0 Å². The number of nitrogens with zero attached hydrogens (tertiary/aromatic N) is 2. The lowest BCUT2D eigenvalue weighted by atomic mass is 10.1. The number of sulfonamides is 1. The van der Waals surface area contributed by atoms with Crippen molar-refractivity contribution in [2.45, 2.75) is 24.3 Å². The third-order valence-corrected chi connectivity index (χ3v) is 6.69. The number of nitrogens with one attached hydrogen (secondary N) is 1. The van der Waals surface area contributed by atoms with Crippen LogP contribution in [-0.2, 0) is 21.4 Å². The van der Waals surface area contributed by atoms with Gasteiger partial charge in [0.15, 0.2) is 0 Å². The van der Waals surface area contributed by atoms with Crippen LogP contribution in [0, 0.1) is 0 Å². The Kier molecular flexibility index (Phi) is 6.86. The average Bonchev–Trinajstić information content (AvgIpc) is 3.31. The van der Waals surface area contributed by atoms with Crippen LogP contribution in [0.25, 0.3) is 0 Å². The highest BCUT2D eigenvalue weighted by Gasteiger charge is 2.22. The molecule has 160 valence electrons.